The fourth-order valence-electron chi connectivity index (χ4n) is 5.45. The van der Waals surface area contributed by atoms with Gasteiger partial charge in [-0.05, 0) is 37.7 Å². The van der Waals surface area contributed by atoms with Crippen LogP contribution in [0.25, 0.3) is 20.4 Å². The van der Waals surface area contributed by atoms with Crippen LogP contribution >= 0.6 is 11.3 Å². The van der Waals surface area contributed by atoms with Gasteiger partial charge in [-0.15, -0.1) is 11.3 Å². The van der Waals surface area contributed by atoms with E-state index >= 15 is 0 Å². The van der Waals surface area contributed by atoms with Gasteiger partial charge in [-0.25, -0.2) is 9.97 Å². The van der Waals surface area contributed by atoms with Crippen LogP contribution in [0.1, 0.15) is 57.4 Å². The fraction of sp³-hybridized carbons (Fsp3) is 0.625. The van der Waals surface area contributed by atoms with Crippen molar-refractivity contribution in [1.29, 1.82) is 0 Å². The highest BCUT2D eigenvalue weighted by Crippen LogP contribution is 2.37. The molecule has 0 bridgehead atoms. The van der Waals surface area contributed by atoms with Crippen molar-refractivity contribution in [3.8, 4) is 0 Å². The SMILES string of the molecule is O=c1c2sc3nccc(N4CCN(CC5CC5)CC4)c3c2ncn1C1CCCCCC1. The van der Waals surface area contributed by atoms with Crippen LogP contribution in [0, 0.1) is 5.92 Å². The summed E-state index contributed by atoms with van der Waals surface area (Å²) < 4.78 is 2.69. The van der Waals surface area contributed by atoms with E-state index in [-0.39, 0.29) is 5.56 Å². The standard InChI is InChI=1S/C24H31N5OS/c30-24-22-21(26-16-29(24)18-5-3-1-2-4-6-18)20-19(9-10-25-23(20)31-22)28-13-11-27(12-14-28)15-17-7-8-17/h9-10,16-18H,1-8,11-15H2. The van der Waals surface area contributed by atoms with E-state index in [1.54, 1.807) is 0 Å². The summed E-state index contributed by atoms with van der Waals surface area (Å²) in [5.41, 5.74) is 2.17. The summed E-state index contributed by atoms with van der Waals surface area (Å²) in [5.74, 6) is 0.944. The summed E-state index contributed by atoms with van der Waals surface area (Å²) in [6.07, 6.45) is 13.7. The summed E-state index contributed by atoms with van der Waals surface area (Å²) in [4.78, 5) is 28.9. The molecule has 1 saturated heterocycles. The van der Waals surface area contributed by atoms with Crippen LogP contribution in [0.2, 0.25) is 0 Å². The number of aromatic nitrogens is 3. The predicted molar refractivity (Wildman–Crippen MR) is 127 cm³/mol. The first kappa shape index (κ1) is 19.7. The average molecular weight is 438 g/mol. The average Bonchev–Trinajstić information content (AvgIpc) is 3.57. The largest absolute Gasteiger partial charge is 0.368 e. The monoisotopic (exact) mass is 437 g/mol. The molecule has 3 aromatic rings. The zero-order valence-electron chi connectivity index (χ0n) is 18.1. The van der Waals surface area contributed by atoms with Gasteiger partial charge in [0.25, 0.3) is 5.56 Å². The minimum absolute atomic E-state index is 0.125. The molecule has 0 atom stereocenters. The molecular formula is C24H31N5OS. The Morgan fingerprint density at radius 2 is 1.74 bits per heavy atom. The number of fused-ring (bicyclic) bond motifs is 3. The second-order valence-electron chi connectivity index (χ2n) is 9.62. The maximum Gasteiger partial charge on any atom is 0.271 e. The molecule has 3 aliphatic rings. The van der Waals surface area contributed by atoms with Crippen LogP contribution in [-0.4, -0.2) is 52.2 Å². The molecule has 7 heteroatoms. The molecule has 2 aliphatic carbocycles. The van der Waals surface area contributed by atoms with Crippen molar-refractivity contribution in [2.24, 2.45) is 5.92 Å². The number of piperazine rings is 1. The Kier molecular flexibility index (Phi) is 5.19. The van der Waals surface area contributed by atoms with Gasteiger partial charge in [0, 0.05) is 45.0 Å². The van der Waals surface area contributed by atoms with E-state index in [2.05, 4.69) is 20.9 Å². The zero-order valence-corrected chi connectivity index (χ0v) is 18.9. The highest BCUT2D eigenvalue weighted by atomic mass is 32.1. The van der Waals surface area contributed by atoms with Crippen molar-refractivity contribution in [1.82, 2.24) is 19.4 Å². The Hall–Kier alpha value is -1.99. The summed E-state index contributed by atoms with van der Waals surface area (Å²) >= 11 is 1.52. The van der Waals surface area contributed by atoms with Gasteiger partial charge < -0.3 is 4.90 Å². The van der Waals surface area contributed by atoms with Crippen molar-refractivity contribution in [3.05, 3.63) is 28.9 Å². The minimum Gasteiger partial charge on any atom is -0.368 e. The second kappa shape index (κ2) is 8.17. The number of anilines is 1. The molecule has 0 N–H and O–H groups in total. The number of hydrogen-bond donors (Lipinski definition) is 0. The number of pyridine rings is 1. The molecule has 164 valence electrons. The molecule has 0 unspecified atom stereocenters. The molecule has 4 heterocycles. The lowest BCUT2D eigenvalue weighted by Crippen LogP contribution is -2.47. The zero-order chi connectivity index (χ0) is 20.8. The summed E-state index contributed by atoms with van der Waals surface area (Å²) in [6, 6.07) is 2.41. The van der Waals surface area contributed by atoms with Crippen LogP contribution in [0.4, 0.5) is 5.69 Å². The summed E-state index contributed by atoms with van der Waals surface area (Å²) in [6.45, 7) is 5.56. The molecule has 3 fully saturated rings. The van der Waals surface area contributed by atoms with Gasteiger partial charge in [-0.2, -0.15) is 0 Å². The highest BCUT2D eigenvalue weighted by molar-refractivity contribution is 7.25. The van der Waals surface area contributed by atoms with Crippen LogP contribution in [0.5, 0.6) is 0 Å². The van der Waals surface area contributed by atoms with Crippen molar-refractivity contribution >= 4 is 37.5 Å². The van der Waals surface area contributed by atoms with Crippen LogP contribution in [0.15, 0.2) is 23.4 Å². The van der Waals surface area contributed by atoms with Crippen LogP contribution < -0.4 is 10.5 Å². The lowest BCUT2D eigenvalue weighted by Gasteiger charge is -2.36. The van der Waals surface area contributed by atoms with Gasteiger partial charge in [-0.1, -0.05) is 25.7 Å². The molecule has 31 heavy (non-hydrogen) atoms. The third kappa shape index (κ3) is 3.76. The van der Waals surface area contributed by atoms with Crippen molar-refractivity contribution in [2.75, 3.05) is 37.6 Å². The first-order valence-corrected chi connectivity index (χ1v) is 12.9. The quantitative estimate of drug-likeness (QED) is 0.565. The van der Waals surface area contributed by atoms with Crippen molar-refractivity contribution in [3.63, 3.8) is 0 Å². The molecule has 3 aromatic heterocycles. The molecule has 2 saturated carbocycles. The number of rotatable bonds is 4. The van der Waals surface area contributed by atoms with Gasteiger partial charge in [0.1, 0.15) is 9.53 Å². The van der Waals surface area contributed by atoms with E-state index in [9.17, 15) is 4.79 Å². The number of hydrogen-bond acceptors (Lipinski definition) is 6. The van der Waals surface area contributed by atoms with Gasteiger partial charge >= 0.3 is 0 Å². The molecule has 6 nitrogen and oxygen atoms in total. The van der Waals surface area contributed by atoms with Gasteiger partial charge in [0.2, 0.25) is 0 Å². The van der Waals surface area contributed by atoms with Gasteiger partial charge in [0.15, 0.2) is 0 Å². The van der Waals surface area contributed by atoms with Gasteiger partial charge in [-0.3, -0.25) is 14.3 Å². The normalized spacial score (nSPS) is 21.7. The van der Waals surface area contributed by atoms with E-state index < -0.39 is 0 Å². The van der Waals surface area contributed by atoms with E-state index in [1.165, 1.54) is 62.1 Å². The van der Waals surface area contributed by atoms with Crippen molar-refractivity contribution in [2.45, 2.75) is 57.4 Å². The smallest absolute Gasteiger partial charge is 0.271 e. The summed E-state index contributed by atoms with van der Waals surface area (Å²) in [5, 5.41) is 1.07. The Morgan fingerprint density at radius 1 is 0.968 bits per heavy atom. The fourth-order valence-corrected chi connectivity index (χ4v) is 6.50. The Labute approximate surface area is 186 Å². The van der Waals surface area contributed by atoms with Crippen LogP contribution in [0.3, 0.4) is 0 Å². The van der Waals surface area contributed by atoms with E-state index in [0.717, 1.165) is 65.4 Å². The topological polar surface area (TPSA) is 54.3 Å². The summed E-state index contributed by atoms with van der Waals surface area (Å²) in [7, 11) is 0. The number of thiophene rings is 1. The predicted octanol–water partition coefficient (Wildman–Crippen LogP) is 4.43. The van der Waals surface area contributed by atoms with E-state index in [4.69, 9.17) is 4.98 Å². The minimum atomic E-state index is 0.125. The van der Waals surface area contributed by atoms with Crippen molar-refractivity contribution < 1.29 is 0 Å². The third-order valence-electron chi connectivity index (χ3n) is 7.43. The first-order chi connectivity index (χ1) is 15.3. The molecule has 0 aromatic carbocycles. The third-order valence-corrected chi connectivity index (χ3v) is 8.50. The van der Waals surface area contributed by atoms with E-state index in [0.29, 0.717) is 6.04 Å². The highest BCUT2D eigenvalue weighted by Gasteiger charge is 2.28. The molecule has 0 radical (unpaired) electrons. The Morgan fingerprint density at radius 3 is 2.48 bits per heavy atom. The Balaban J connectivity index is 1.34. The lowest BCUT2D eigenvalue weighted by molar-refractivity contribution is 0.248. The lowest BCUT2D eigenvalue weighted by atomic mass is 10.1. The molecule has 0 amide bonds. The molecule has 0 spiro atoms. The van der Waals surface area contributed by atoms with Crippen LogP contribution in [-0.2, 0) is 0 Å². The first-order valence-electron chi connectivity index (χ1n) is 12.0. The van der Waals surface area contributed by atoms with E-state index in [1.807, 2.05) is 17.1 Å². The molecule has 1 aliphatic heterocycles. The number of nitrogens with zero attached hydrogens (tertiary/aromatic N) is 5. The Bertz CT molecular complexity index is 1130. The van der Waals surface area contributed by atoms with Gasteiger partial charge in [0.05, 0.1) is 22.9 Å². The molecular weight excluding hydrogens is 406 g/mol. The maximum atomic E-state index is 13.4. The maximum absolute atomic E-state index is 13.4. The second-order valence-corrected chi connectivity index (χ2v) is 10.6. The molecule has 6 rings (SSSR count).